The molecule has 4 atom stereocenters. The number of aryl methyl sites for hydroxylation is 1. The number of aliphatic carboxylic acids is 1. The Bertz CT molecular complexity index is 1530. The van der Waals surface area contributed by atoms with Crippen molar-refractivity contribution in [3.63, 3.8) is 0 Å². The smallest absolute Gasteiger partial charge is 0.333 e. The Morgan fingerprint density at radius 2 is 2.18 bits per heavy atom. The zero-order valence-corrected chi connectivity index (χ0v) is 20.4. The van der Waals surface area contributed by atoms with Gasteiger partial charge in [-0.3, -0.25) is 4.57 Å². The number of aliphatic hydroxyl groups is 1. The number of hydrogen-bond donors (Lipinski definition) is 3. The number of benzene rings is 1. The Hall–Kier alpha value is -4.43. The molecular formula is C22H20ClN9O6. The third-order valence-corrected chi connectivity index (χ3v) is 6.05. The van der Waals surface area contributed by atoms with Crippen molar-refractivity contribution in [2.45, 2.75) is 44.6 Å². The van der Waals surface area contributed by atoms with E-state index < -0.39 is 30.4 Å². The number of carboxylic acids is 1. The number of anilines is 1. The molecule has 4 aromatic rings. The van der Waals surface area contributed by atoms with Crippen molar-refractivity contribution in [3.8, 4) is 5.75 Å². The van der Waals surface area contributed by atoms with Gasteiger partial charge >= 0.3 is 5.97 Å². The van der Waals surface area contributed by atoms with Crippen molar-refractivity contribution < 1.29 is 29.0 Å². The molecule has 1 aliphatic rings. The Morgan fingerprint density at radius 1 is 1.34 bits per heavy atom. The van der Waals surface area contributed by atoms with Crippen LogP contribution >= 0.6 is 11.6 Å². The van der Waals surface area contributed by atoms with Crippen LogP contribution in [0.5, 0.6) is 5.75 Å². The van der Waals surface area contributed by atoms with Crippen LogP contribution in [0.1, 0.15) is 23.2 Å². The van der Waals surface area contributed by atoms with E-state index in [9.17, 15) is 15.0 Å². The summed E-state index contributed by atoms with van der Waals surface area (Å²) in [5.41, 5.74) is 10.9. The summed E-state index contributed by atoms with van der Waals surface area (Å²) in [6.07, 6.45) is -1.57. The number of aliphatic hydroxyl groups excluding tert-OH is 1. The average Bonchev–Trinajstić information content (AvgIpc) is 3.60. The van der Waals surface area contributed by atoms with Crippen LogP contribution in [0.2, 0.25) is 5.02 Å². The van der Waals surface area contributed by atoms with Crippen LogP contribution in [-0.2, 0) is 22.7 Å². The van der Waals surface area contributed by atoms with Gasteiger partial charge in [0, 0.05) is 28.1 Å². The minimum atomic E-state index is -1.54. The van der Waals surface area contributed by atoms with E-state index in [2.05, 4.69) is 35.5 Å². The van der Waals surface area contributed by atoms with Crippen LogP contribution in [0, 0.1) is 6.92 Å². The van der Waals surface area contributed by atoms with Gasteiger partial charge in [0.15, 0.2) is 35.1 Å². The monoisotopic (exact) mass is 541 g/mol. The van der Waals surface area contributed by atoms with Crippen LogP contribution in [-0.4, -0.2) is 59.1 Å². The molecule has 0 saturated carbocycles. The van der Waals surface area contributed by atoms with E-state index in [0.29, 0.717) is 27.9 Å². The first-order valence-corrected chi connectivity index (χ1v) is 11.6. The quantitative estimate of drug-likeness (QED) is 0.159. The fourth-order valence-electron chi connectivity index (χ4n) is 4.09. The number of carbonyl (C=O) groups is 1. The molecule has 0 amide bonds. The van der Waals surface area contributed by atoms with Crippen LogP contribution in [0.4, 0.5) is 5.82 Å². The molecule has 0 aliphatic carbocycles. The zero-order valence-electron chi connectivity index (χ0n) is 19.7. The summed E-state index contributed by atoms with van der Waals surface area (Å²) >= 11 is 6.21. The number of ether oxygens (including phenoxy) is 2. The maximum atomic E-state index is 11.6. The summed E-state index contributed by atoms with van der Waals surface area (Å²) in [6, 6.07) is 5.64. The molecule has 15 nitrogen and oxygen atoms in total. The molecule has 1 fully saturated rings. The van der Waals surface area contributed by atoms with Crippen LogP contribution in [0.25, 0.3) is 21.6 Å². The number of hydrogen-bond acceptors (Lipinski definition) is 11. The predicted molar refractivity (Wildman–Crippen MR) is 130 cm³/mol. The molecule has 5 rings (SSSR count). The number of nitrogens with one attached hydrogen (secondary N) is 1. The SMILES string of the molecule is Cc1cc(COc2ccc(Cl)cc2CNc2ncnc3c2ncn3C2OC(C(=O)O)C(N=[N+]=[N-])C2O)on1. The molecular weight excluding hydrogens is 522 g/mol. The van der Waals surface area contributed by atoms with E-state index in [4.69, 9.17) is 31.1 Å². The fraction of sp³-hybridized carbons (Fsp3) is 0.318. The van der Waals surface area contributed by atoms with Crippen molar-refractivity contribution in [3.05, 3.63) is 69.4 Å². The zero-order chi connectivity index (χ0) is 26.8. The Morgan fingerprint density at radius 3 is 2.92 bits per heavy atom. The fourth-order valence-corrected chi connectivity index (χ4v) is 4.28. The molecule has 1 saturated heterocycles. The maximum absolute atomic E-state index is 11.6. The van der Waals surface area contributed by atoms with E-state index >= 15 is 0 Å². The molecule has 1 aromatic carbocycles. The summed E-state index contributed by atoms with van der Waals surface area (Å²) in [6.45, 7) is 2.25. The van der Waals surface area contributed by atoms with Crippen molar-refractivity contribution in [1.82, 2.24) is 24.7 Å². The van der Waals surface area contributed by atoms with Gasteiger partial charge in [0.25, 0.3) is 0 Å². The van der Waals surface area contributed by atoms with E-state index in [-0.39, 0.29) is 18.8 Å². The standard InChI is InChI=1S/C22H20ClN9O6/c1-10-4-13(38-30-10)7-36-14-3-2-12(23)5-11(14)6-25-19-16-20(27-8-26-19)32(9-28-16)21-17(33)15(29-31-24)18(37-21)22(34)35/h2-5,8-9,15,17-18,21,33H,6-7H2,1H3,(H,34,35)(H,25,26,27). The molecule has 38 heavy (non-hydrogen) atoms. The van der Waals surface area contributed by atoms with Gasteiger partial charge < -0.3 is 29.5 Å². The minimum absolute atomic E-state index is 0.176. The molecule has 4 unspecified atom stereocenters. The molecule has 1 aliphatic heterocycles. The van der Waals surface area contributed by atoms with Gasteiger partial charge in [0.1, 0.15) is 30.8 Å². The predicted octanol–water partition coefficient (Wildman–Crippen LogP) is 2.99. The lowest BCUT2D eigenvalue weighted by Crippen LogP contribution is -2.34. The summed E-state index contributed by atoms with van der Waals surface area (Å²) in [7, 11) is 0. The first kappa shape index (κ1) is 25.2. The number of halogens is 1. The van der Waals surface area contributed by atoms with E-state index in [1.165, 1.54) is 17.2 Å². The van der Waals surface area contributed by atoms with Crippen molar-refractivity contribution in [1.29, 1.82) is 0 Å². The van der Waals surface area contributed by atoms with Gasteiger partial charge in [-0.25, -0.2) is 19.7 Å². The van der Waals surface area contributed by atoms with Crippen LogP contribution in [0.15, 0.2) is 46.6 Å². The lowest BCUT2D eigenvalue weighted by molar-refractivity contribution is -0.152. The number of rotatable bonds is 9. The Balaban J connectivity index is 1.37. The minimum Gasteiger partial charge on any atom is -0.485 e. The van der Waals surface area contributed by atoms with Gasteiger partial charge in [0.05, 0.1) is 12.0 Å². The number of nitrogens with zero attached hydrogens (tertiary/aromatic N) is 8. The van der Waals surface area contributed by atoms with Crippen molar-refractivity contribution in [2.75, 3.05) is 5.32 Å². The number of carboxylic acid groups (broad SMARTS) is 1. The van der Waals surface area contributed by atoms with Gasteiger partial charge in [0.2, 0.25) is 0 Å². The van der Waals surface area contributed by atoms with Crippen LogP contribution < -0.4 is 10.1 Å². The van der Waals surface area contributed by atoms with Crippen molar-refractivity contribution in [2.24, 2.45) is 5.11 Å². The van der Waals surface area contributed by atoms with Crippen molar-refractivity contribution >= 4 is 34.6 Å². The first-order chi connectivity index (χ1) is 18.4. The lowest BCUT2D eigenvalue weighted by Gasteiger charge is -2.16. The summed E-state index contributed by atoms with van der Waals surface area (Å²) in [5, 5.41) is 31.0. The highest BCUT2D eigenvalue weighted by atomic mass is 35.5. The number of aromatic nitrogens is 5. The summed E-state index contributed by atoms with van der Waals surface area (Å²) in [4.78, 5) is 27.0. The van der Waals surface area contributed by atoms with Gasteiger partial charge in [-0.05, 0) is 30.7 Å². The second kappa shape index (κ2) is 10.5. The second-order valence-electron chi connectivity index (χ2n) is 8.35. The maximum Gasteiger partial charge on any atom is 0.333 e. The molecule has 4 heterocycles. The molecule has 3 N–H and O–H groups in total. The average molecular weight is 542 g/mol. The first-order valence-electron chi connectivity index (χ1n) is 11.2. The largest absolute Gasteiger partial charge is 0.485 e. The van der Waals surface area contributed by atoms with Gasteiger partial charge in [-0.1, -0.05) is 21.9 Å². The molecule has 0 radical (unpaired) electrons. The number of azide groups is 1. The van der Waals surface area contributed by atoms with E-state index in [1.807, 2.05) is 6.92 Å². The highest BCUT2D eigenvalue weighted by molar-refractivity contribution is 6.30. The lowest BCUT2D eigenvalue weighted by atomic mass is 10.1. The highest BCUT2D eigenvalue weighted by Gasteiger charge is 2.48. The van der Waals surface area contributed by atoms with E-state index in [1.54, 1.807) is 24.3 Å². The molecule has 16 heteroatoms. The highest BCUT2D eigenvalue weighted by Crippen LogP contribution is 2.34. The third kappa shape index (κ3) is 4.90. The van der Waals surface area contributed by atoms with Gasteiger partial charge in [-0.2, -0.15) is 0 Å². The summed E-state index contributed by atoms with van der Waals surface area (Å²) in [5.74, 6) is 0.129. The molecule has 0 bridgehead atoms. The second-order valence-corrected chi connectivity index (χ2v) is 8.78. The summed E-state index contributed by atoms with van der Waals surface area (Å²) < 4.78 is 18.0. The van der Waals surface area contributed by atoms with Crippen LogP contribution in [0.3, 0.4) is 0 Å². The molecule has 0 spiro atoms. The number of imidazole rings is 1. The number of fused-ring (bicyclic) bond motifs is 1. The van der Waals surface area contributed by atoms with Gasteiger partial charge in [-0.15, -0.1) is 0 Å². The third-order valence-electron chi connectivity index (χ3n) is 5.82. The molecule has 3 aromatic heterocycles. The topological polar surface area (TPSA) is 206 Å². The normalized spacial score (nSPS) is 20.8. The Kier molecular flexibility index (Phi) is 6.98. The van der Waals surface area contributed by atoms with E-state index in [0.717, 1.165) is 11.3 Å². The molecule has 196 valence electrons. The Labute approximate surface area is 218 Å².